The molecule has 2 aromatic carbocycles. The molecule has 176 valence electrons. The quantitative estimate of drug-likeness (QED) is 0.445. The number of nitrogens with one attached hydrogen (secondary N) is 1. The number of carbonyl (C=O) groups excluding carboxylic acids is 1. The summed E-state index contributed by atoms with van der Waals surface area (Å²) in [6.45, 7) is 0.439. The van der Waals surface area contributed by atoms with E-state index >= 15 is 8.78 Å². The van der Waals surface area contributed by atoms with Gasteiger partial charge in [0.1, 0.15) is 11.9 Å². The first kappa shape index (κ1) is 21.6. The molecule has 3 aliphatic rings. The van der Waals surface area contributed by atoms with Crippen LogP contribution in [0.3, 0.4) is 0 Å². The third-order valence-corrected chi connectivity index (χ3v) is 8.34. The highest BCUT2D eigenvalue weighted by Gasteiger charge is 2.56. The molecule has 8 heteroatoms. The summed E-state index contributed by atoms with van der Waals surface area (Å²) in [5, 5.41) is 5.46. The fourth-order valence-electron chi connectivity index (χ4n) is 5.82. The Hall–Kier alpha value is -2.87. The normalized spacial score (nSPS) is 25.3. The molecular formula is C26H24F3N3OS. The summed E-state index contributed by atoms with van der Waals surface area (Å²) in [6.07, 6.45) is 4.58. The molecule has 1 aromatic heterocycles. The summed E-state index contributed by atoms with van der Waals surface area (Å²) in [5.41, 5.74) is 1.80. The van der Waals surface area contributed by atoms with Crippen LogP contribution in [0.4, 0.5) is 24.0 Å². The van der Waals surface area contributed by atoms with Gasteiger partial charge >= 0.3 is 0 Å². The maximum atomic E-state index is 15.8. The highest BCUT2D eigenvalue weighted by atomic mass is 32.1. The summed E-state index contributed by atoms with van der Waals surface area (Å²) in [6, 6.07) is 9.51. The molecule has 1 N–H and O–H groups in total. The van der Waals surface area contributed by atoms with Crippen LogP contribution in [0, 0.1) is 17.7 Å². The van der Waals surface area contributed by atoms with Crippen molar-refractivity contribution in [2.45, 2.75) is 44.1 Å². The summed E-state index contributed by atoms with van der Waals surface area (Å²) in [7, 11) is 0. The molecule has 3 unspecified atom stereocenters. The minimum atomic E-state index is -3.11. The van der Waals surface area contributed by atoms with Gasteiger partial charge in [0.25, 0.3) is 11.8 Å². The summed E-state index contributed by atoms with van der Waals surface area (Å²) in [4.78, 5) is 19.1. The van der Waals surface area contributed by atoms with E-state index in [0.29, 0.717) is 35.4 Å². The molecule has 1 saturated carbocycles. The molecule has 0 bridgehead atoms. The SMILES string of the molecule is O=C1c2ccc(Nc3nc(-c4ccc(F)cc4)cs3)cc2C(F)(F)C2CC3CCCCC3CN12. The fraction of sp³-hybridized carbons (Fsp3) is 0.385. The molecule has 1 saturated heterocycles. The van der Waals surface area contributed by atoms with Crippen LogP contribution in [-0.4, -0.2) is 28.4 Å². The first-order valence-corrected chi connectivity index (χ1v) is 12.6. The number of alkyl halides is 2. The van der Waals surface area contributed by atoms with E-state index in [1.807, 2.05) is 5.38 Å². The van der Waals surface area contributed by atoms with Crippen LogP contribution in [0.2, 0.25) is 0 Å². The highest BCUT2D eigenvalue weighted by molar-refractivity contribution is 7.14. The second-order valence-corrected chi connectivity index (χ2v) is 10.4. The van der Waals surface area contributed by atoms with Gasteiger partial charge in [0, 0.05) is 34.3 Å². The second-order valence-electron chi connectivity index (χ2n) is 9.57. The zero-order chi connectivity index (χ0) is 23.4. The number of halogens is 3. The number of hydrogen-bond donors (Lipinski definition) is 1. The molecule has 6 rings (SSSR count). The maximum Gasteiger partial charge on any atom is 0.294 e. The molecule has 1 amide bonds. The van der Waals surface area contributed by atoms with Gasteiger partial charge in [0.15, 0.2) is 5.13 Å². The molecule has 2 fully saturated rings. The van der Waals surface area contributed by atoms with E-state index in [-0.39, 0.29) is 28.8 Å². The molecule has 2 aliphatic heterocycles. The van der Waals surface area contributed by atoms with Crippen molar-refractivity contribution in [2.24, 2.45) is 11.8 Å². The van der Waals surface area contributed by atoms with Gasteiger partial charge in [-0.3, -0.25) is 4.79 Å². The monoisotopic (exact) mass is 483 g/mol. The maximum absolute atomic E-state index is 15.8. The van der Waals surface area contributed by atoms with Crippen molar-refractivity contribution in [3.05, 3.63) is 64.8 Å². The number of fused-ring (bicyclic) bond motifs is 3. The molecule has 34 heavy (non-hydrogen) atoms. The Labute approximate surface area is 199 Å². The zero-order valence-corrected chi connectivity index (χ0v) is 19.3. The molecule has 3 heterocycles. The summed E-state index contributed by atoms with van der Waals surface area (Å²) >= 11 is 1.33. The van der Waals surface area contributed by atoms with E-state index in [4.69, 9.17) is 0 Å². The van der Waals surface area contributed by atoms with Gasteiger partial charge < -0.3 is 10.2 Å². The number of hydrogen-bond acceptors (Lipinski definition) is 4. The Morgan fingerprint density at radius 3 is 2.62 bits per heavy atom. The smallest absolute Gasteiger partial charge is 0.294 e. The number of benzene rings is 2. The lowest BCUT2D eigenvalue weighted by Crippen LogP contribution is -2.59. The van der Waals surface area contributed by atoms with E-state index < -0.39 is 12.0 Å². The topological polar surface area (TPSA) is 45.2 Å². The Kier molecular flexibility index (Phi) is 5.17. The van der Waals surface area contributed by atoms with E-state index in [9.17, 15) is 9.18 Å². The molecule has 3 aromatic rings. The second kappa shape index (κ2) is 8.12. The third kappa shape index (κ3) is 3.59. The lowest BCUT2D eigenvalue weighted by molar-refractivity contribution is -0.118. The van der Waals surface area contributed by atoms with Crippen LogP contribution in [0.25, 0.3) is 11.3 Å². The predicted molar refractivity (Wildman–Crippen MR) is 126 cm³/mol. The highest BCUT2D eigenvalue weighted by Crippen LogP contribution is 2.50. The molecular weight excluding hydrogens is 459 g/mol. The van der Waals surface area contributed by atoms with Crippen LogP contribution in [0.5, 0.6) is 0 Å². The minimum absolute atomic E-state index is 0.0900. The fourth-order valence-corrected chi connectivity index (χ4v) is 6.56. The van der Waals surface area contributed by atoms with Gasteiger partial charge in [-0.2, -0.15) is 8.78 Å². The van der Waals surface area contributed by atoms with Crippen molar-refractivity contribution in [1.29, 1.82) is 0 Å². The van der Waals surface area contributed by atoms with E-state index in [1.165, 1.54) is 40.5 Å². The van der Waals surface area contributed by atoms with Gasteiger partial charge in [-0.1, -0.05) is 19.3 Å². The van der Waals surface area contributed by atoms with Gasteiger partial charge in [0.05, 0.1) is 5.69 Å². The zero-order valence-electron chi connectivity index (χ0n) is 18.4. The van der Waals surface area contributed by atoms with Crippen LogP contribution >= 0.6 is 11.3 Å². The number of thiazole rings is 1. The average Bonchev–Trinajstić information content (AvgIpc) is 3.31. The average molecular weight is 484 g/mol. The van der Waals surface area contributed by atoms with Crippen LogP contribution in [-0.2, 0) is 5.92 Å². The van der Waals surface area contributed by atoms with Gasteiger partial charge in [-0.05, 0) is 67.1 Å². The summed E-state index contributed by atoms with van der Waals surface area (Å²) < 4.78 is 44.7. The number of amides is 1. The molecule has 1 aliphatic carbocycles. The van der Waals surface area contributed by atoms with Crippen molar-refractivity contribution in [3.8, 4) is 11.3 Å². The van der Waals surface area contributed by atoms with Crippen molar-refractivity contribution < 1.29 is 18.0 Å². The predicted octanol–water partition coefficient (Wildman–Crippen LogP) is 6.82. The molecule has 0 radical (unpaired) electrons. The molecule has 0 spiro atoms. The Bertz CT molecular complexity index is 1240. The van der Waals surface area contributed by atoms with E-state index in [2.05, 4.69) is 10.3 Å². The Morgan fingerprint density at radius 2 is 1.82 bits per heavy atom. The standard InChI is InChI=1S/C26H24F3N3OS/c27-18-7-5-15(6-8-18)22-14-34-25(31-22)30-19-9-10-20-21(12-19)26(28,29)23-11-16-3-1-2-4-17(16)13-32(23)24(20)33/h5-10,12,14,16-17,23H,1-4,11,13H2,(H,30,31). The van der Waals surface area contributed by atoms with Crippen molar-refractivity contribution in [1.82, 2.24) is 9.88 Å². The molecule has 4 nitrogen and oxygen atoms in total. The van der Waals surface area contributed by atoms with Crippen molar-refractivity contribution in [2.75, 3.05) is 11.9 Å². The van der Waals surface area contributed by atoms with Crippen LogP contribution < -0.4 is 5.32 Å². The number of nitrogens with zero attached hydrogens (tertiary/aromatic N) is 2. The Balaban J connectivity index is 1.28. The first-order chi connectivity index (χ1) is 16.4. The van der Waals surface area contributed by atoms with Crippen molar-refractivity contribution >= 4 is 28.1 Å². The third-order valence-electron chi connectivity index (χ3n) is 7.58. The van der Waals surface area contributed by atoms with Crippen LogP contribution in [0.15, 0.2) is 47.8 Å². The number of aromatic nitrogens is 1. The van der Waals surface area contributed by atoms with Crippen LogP contribution in [0.1, 0.15) is 48.0 Å². The summed E-state index contributed by atoms with van der Waals surface area (Å²) in [5.74, 6) is -3.10. The minimum Gasteiger partial charge on any atom is -0.332 e. The number of rotatable bonds is 3. The van der Waals surface area contributed by atoms with Crippen molar-refractivity contribution in [3.63, 3.8) is 0 Å². The first-order valence-electron chi connectivity index (χ1n) is 11.7. The lowest BCUT2D eigenvalue weighted by Gasteiger charge is -2.50. The van der Waals surface area contributed by atoms with Gasteiger partial charge in [-0.25, -0.2) is 9.37 Å². The molecule has 3 atom stereocenters. The Morgan fingerprint density at radius 1 is 1.06 bits per heavy atom. The van der Waals surface area contributed by atoms with Gasteiger partial charge in [0.2, 0.25) is 0 Å². The number of carbonyl (C=O) groups is 1. The van der Waals surface area contributed by atoms with E-state index in [1.54, 1.807) is 18.2 Å². The number of piperidine rings is 1. The lowest BCUT2D eigenvalue weighted by atomic mass is 9.70. The van der Waals surface area contributed by atoms with Gasteiger partial charge in [-0.15, -0.1) is 11.3 Å². The largest absolute Gasteiger partial charge is 0.332 e. The van der Waals surface area contributed by atoms with E-state index in [0.717, 1.165) is 31.2 Å². The number of anilines is 2.